The number of hydrogen-bond donors (Lipinski definition) is 2. The standard InChI is InChI=1S/C15H30N2O3/c1-6-16-15(4,14(18)19)9-12(3)17-8-7-11(2)13(10-17)20-5/h11-13,16H,6-10H2,1-5H3,(H,18,19). The van der Waals surface area contributed by atoms with Crippen LogP contribution in [0.25, 0.3) is 0 Å². The van der Waals surface area contributed by atoms with Crippen LogP contribution in [-0.4, -0.2) is 60.4 Å². The predicted molar refractivity (Wildman–Crippen MR) is 79.9 cm³/mol. The van der Waals surface area contributed by atoms with Gasteiger partial charge >= 0.3 is 5.97 Å². The molecule has 20 heavy (non-hydrogen) atoms. The molecule has 0 spiro atoms. The van der Waals surface area contributed by atoms with Gasteiger partial charge in [-0.25, -0.2) is 0 Å². The molecule has 4 atom stereocenters. The van der Waals surface area contributed by atoms with E-state index in [1.54, 1.807) is 14.0 Å². The van der Waals surface area contributed by atoms with E-state index < -0.39 is 11.5 Å². The second-order valence-electron chi connectivity index (χ2n) is 6.26. The zero-order chi connectivity index (χ0) is 15.3. The van der Waals surface area contributed by atoms with E-state index in [9.17, 15) is 9.90 Å². The summed E-state index contributed by atoms with van der Waals surface area (Å²) in [4.78, 5) is 13.9. The highest BCUT2D eigenvalue weighted by molar-refractivity contribution is 5.78. The Morgan fingerprint density at radius 2 is 2.25 bits per heavy atom. The van der Waals surface area contributed by atoms with Gasteiger partial charge in [-0.15, -0.1) is 0 Å². The Bertz CT molecular complexity index is 324. The van der Waals surface area contributed by atoms with Gasteiger partial charge in [-0.3, -0.25) is 9.69 Å². The summed E-state index contributed by atoms with van der Waals surface area (Å²) >= 11 is 0. The highest BCUT2D eigenvalue weighted by Crippen LogP contribution is 2.24. The zero-order valence-corrected chi connectivity index (χ0v) is 13.5. The molecule has 4 unspecified atom stereocenters. The molecule has 0 aromatic heterocycles. The van der Waals surface area contributed by atoms with Crippen molar-refractivity contribution in [2.45, 2.75) is 58.2 Å². The average molecular weight is 286 g/mol. The van der Waals surface area contributed by atoms with E-state index in [0.29, 0.717) is 18.9 Å². The van der Waals surface area contributed by atoms with Crippen molar-refractivity contribution in [3.63, 3.8) is 0 Å². The summed E-state index contributed by atoms with van der Waals surface area (Å²) in [7, 11) is 1.76. The summed E-state index contributed by atoms with van der Waals surface area (Å²) in [6, 6.07) is 0.222. The first-order chi connectivity index (χ1) is 9.34. The van der Waals surface area contributed by atoms with Gasteiger partial charge in [-0.1, -0.05) is 13.8 Å². The topological polar surface area (TPSA) is 61.8 Å². The number of likely N-dealkylation sites (N-methyl/N-ethyl adjacent to an activating group) is 1. The highest BCUT2D eigenvalue weighted by atomic mass is 16.5. The van der Waals surface area contributed by atoms with Gasteiger partial charge in [0, 0.05) is 19.7 Å². The number of carbonyl (C=O) groups is 1. The van der Waals surface area contributed by atoms with E-state index in [1.165, 1.54) is 0 Å². The Morgan fingerprint density at radius 3 is 2.75 bits per heavy atom. The minimum Gasteiger partial charge on any atom is -0.480 e. The van der Waals surface area contributed by atoms with Crippen LogP contribution in [0.5, 0.6) is 0 Å². The Hall–Kier alpha value is -0.650. The van der Waals surface area contributed by atoms with Crippen LogP contribution in [0.15, 0.2) is 0 Å². The van der Waals surface area contributed by atoms with Crippen molar-refractivity contribution >= 4 is 5.97 Å². The molecule has 1 heterocycles. The van der Waals surface area contributed by atoms with Crippen LogP contribution in [-0.2, 0) is 9.53 Å². The number of aliphatic carboxylic acids is 1. The number of ether oxygens (including phenoxy) is 1. The molecule has 0 amide bonds. The first-order valence-electron chi connectivity index (χ1n) is 7.59. The molecular weight excluding hydrogens is 256 g/mol. The van der Waals surface area contributed by atoms with E-state index in [1.807, 2.05) is 6.92 Å². The van der Waals surface area contributed by atoms with Crippen molar-refractivity contribution in [3.8, 4) is 0 Å². The van der Waals surface area contributed by atoms with Gasteiger partial charge in [0.1, 0.15) is 5.54 Å². The molecule has 0 aromatic carbocycles. The summed E-state index contributed by atoms with van der Waals surface area (Å²) in [5, 5.41) is 12.6. The third-order valence-electron chi connectivity index (χ3n) is 4.59. The zero-order valence-electron chi connectivity index (χ0n) is 13.5. The molecule has 1 aliphatic heterocycles. The maximum atomic E-state index is 11.5. The van der Waals surface area contributed by atoms with Crippen molar-refractivity contribution in [1.29, 1.82) is 0 Å². The molecule has 118 valence electrons. The van der Waals surface area contributed by atoms with Gasteiger partial charge in [-0.2, -0.15) is 0 Å². The van der Waals surface area contributed by atoms with Gasteiger partial charge in [0.2, 0.25) is 0 Å². The number of rotatable bonds is 7. The number of carboxylic acid groups (broad SMARTS) is 1. The number of methoxy groups -OCH3 is 1. The Morgan fingerprint density at radius 1 is 1.60 bits per heavy atom. The van der Waals surface area contributed by atoms with Gasteiger partial charge in [0.05, 0.1) is 6.10 Å². The number of nitrogens with one attached hydrogen (secondary N) is 1. The minimum atomic E-state index is -0.861. The molecular formula is C15H30N2O3. The third kappa shape index (κ3) is 4.17. The summed E-state index contributed by atoms with van der Waals surface area (Å²) in [6.07, 6.45) is 1.95. The van der Waals surface area contributed by atoms with Crippen LogP contribution in [0, 0.1) is 5.92 Å². The summed E-state index contributed by atoms with van der Waals surface area (Å²) in [5.41, 5.74) is -0.861. The van der Waals surface area contributed by atoms with Crippen LogP contribution >= 0.6 is 0 Å². The van der Waals surface area contributed by atoms with Crippen LogP contribution in [0.3, 0.4) is 0 Å². The van der Waals surface area contributed by atoms with Crippen molar-refractivity contribution < 1.29 is 14.6 Å². The smallest absolute Gasteiger partial charge is 0.323 e. The van der Waals surface area contributed by atoms with Crippen molar-refractivity contribution in [2.75, 3.05) is 26.7 Å². The van der Waals surface area contributed by atoms with E-state index in [2.05, 4.69) is 24.1 Å². The van der Waals surface area contributed by atoms with Crippen LogP contribution in [0.2, 0.25) is 0 Å². The molecule has 5 nitrogen and oxygen atoms in total. The van der Waals surface area contributed by atoms with E-state index in [4.69, 9.17) is 4.74 Å². The number of piperidine rings is 1. The van der Waals surface area contributed by atoms with Crippen LogP contribution in [0.1, 0.15) is 40.5 Å². The fourth-order valence-electron chi connectivity index (χ4n) is 3.11. The largest absolute Gasteiger partial charge is 0.480 e. The maximum Gasteiger partial charge on any atom is 0.323 e. The maximum absolute atomic E-state index is 11.5. The molecule has 5 heteroatoms. The lowest BCUT2D eigenvalue weighted by Crippen LogP contribution is -2.55. The second kappa shape index (κ2) is 7.38. The summed E-state index contributed by atoms with van der Waals surface area (Å²) < 4.78 is 5.54. The first kappa shape index (κ1) is 17.4. The third-order valence-corrected chi connectivity index (χ3v) is 4.59. The SMILES string of the molecule is CCNC(C)(CC(C)N1CCC(C)C(OC)C1)C(=O)O. The van der Waals surface area contributed by atoms with E-state index in [0.717, 1.165) is 19.5 Å². The van der Waals surface area contributed by atoms with Gasteiger partial charge in [0.15, 0.2) is 0 Å². The van der Waals surface area contributed by atoms with E-state index >= 15 is 0 Å². The normalized spacial score (nSPS) is 28.9. The lowest BCUT2D eigenvalue weighted by molar-refractivity contribution is -0.145. The molecule has 0 saturated carbocycles. The Balaban J connectivity index is 2.65. The van der Waals surface area contributed by atoms with Gasteiger partial charge in [-0.05, 0) is 45.7 Å². The number of likely N-dealkylation sites (tertiary alicyclic amines) is 1. The molecule has 1 aliphatic rings. The molecule has 0 aliphatic carbocycles. The first-order valence-corrected chi connectivity index (χ1v) is 7.59. The Kier molecular flexibility index (Phi) is 6.43. The molecule has 1 fully saturated rings. The molecule has 0 bridgehead atoms. The molecule has 1 saturated heterocycles. The van der Waals surface area contributed by atoms with Crippen LogP contribution < -0.4 is 5.32 Å². The minimum absolute atomic E-state index is 0.222. The van der Waals surface area contributed by atoms with Gasteiger partial charge in [0.25, 0.3) is 0 Å². The van der Waals surface area contributed by atoms with Crippen LogP contribution in [0.4, 0.5) is 0 Å². The fraction of sp³-hybridized carbons (Fsp3) is 0.933. The molecule has 2 N–H and O–H groups in total. The summed E-state index contributed by atoms with van der Waals surface area (Å²) in [5.74, 6) is -0.206. The van der Waals surface area contributed by atoms with Gasteiger partial charge < -0.3 is 15.2 Å². The fourth-order valence-corrected chi connectivity index (χ4v) is 3.11. The molecule has 0 radical (unpaired) electrons. The lowest BCUT2D eigenvalue weighted by atomic mass is 9.89. The lowest BCUT2D eigenvalue weighted by Gasteiger charge is -2.41. The molecule has 1 rings (SSSR count). The highest BCUT2D eigenvalue weighted by Gasteiger charge is 2.37. The molecule has 0 aromatic rings. The second-order valence-corrected chi connectivity index (χ2v) is 6.26. The number of carboxylic acids is 1. The van der Waals surface area contributed by atoms with Crippen molar-refractivity contribution in [2.24, 2.45) is 5.92 Å². The number of hydrogen-bond acceptors (Lipinski definition) is 4. The monoisotopic (exact) mass is 286 g/mol. The van der Waals surface area contributed by atoms with E-state index in [-0.39, 0.29) is 12.1 Å². The number of nitrogens with zero attached hydrogens (tertiary/aromatic N) is 1. The Labute approximate surface area is 122 Å². The summed E-state index contributed by atoms with van der Waals surface area (Å²) in [6.45, 7) is 10.6. The average Bonchev–Trinajstić information content (AvgIpc) is 2.39. The predicted octanol–water partition coefficient (Wildman–Crippen LogP) is 1.57. The van der Waals surface area contributed by atoms with Crippen molar-refractivity contribution in [3.05, 3.63) is 0 Å². The van der Waals surface area contributed by atoms with Crippen molar-refractivity contribution in [1.82, 2.24) is 10.2 Å². The quantitative estimate of drug-likeness (QED) is 0.744.